The van der Waals surface area contributed by atoms with Crippen molar-refractivity contribution in [1.82, 2.24) is 0 Å². The van der Waals surface area contributed by atoms with E-state index in [2.05, 4.69) is 5.32 Å². The maximum absolute atomic E-state index is 12.2. The summed E-state index contributed by atoms with van der Waals surface area (Å²) in [6, 6.07) is 14.9. The number of hydrogen-bond acceptors (Lipinski definition) is 2. The number of carbonyl (C=O) groups is 1. The Morgan fingerprint density at radius 2 is 1.90 bits per heavy atom. The van der Waals surface area contributed by atoms with Crippen LogP contribution in [0.15, 0.2) is 48.5 Å². The average molecular weight is 288 g/mol. The molecule has 2 aromatic rings. The zero-order chi connectivity index (χ0) is 13.9. The van der Waals surface area contributed by atoms with E-state index >= 15 is 0 Å². The molecule has 1 N–H and O–H groups in total. The van der Waals surface area contributed by atoms with Crippen LogP contribution in [-0.4, -0.2) is 12.5 Å². The van der Waals surface area contributed by atoms with Gasteiger partial charge in [-0.2, -0.15) is 0 Å². The van der Waals surface area contributed by atoms with Crippen molar-refractivity contribution in [1.29, 1.82) is 0 Å². The summed E-state index contributed by atoms with van der Waals surface area (Å²) in [4.78, 5) is 12.2. The normalized spacial score (nSPS) is 16.9. The minimum atomic E-state index is -0.166. The van der Waals surface area contributed by atoms with Crippen LogP contribution in [0.5, 0.6) is 5.75 Å². The lowest BCUT2D eigenvalue weighted by Crippen LogP contribution is -2.32. The van der Waals surface area contributed by atoms with Crippen LogP contribution in [0.4, 0.5) is 5.69 Å². The van der Waals surface area contributed by atoms with Crippen molar-refractivity contribution in [3.05, 3.63) is 59.1 Å². The van der Waals surface area contributed by atoms with Gasteiger partial charge in [-0.3, -0.25) is 4.79 Å². The molecule has 4 heteroatoms. The van der Waals surface area contributed by atoms with E-state index in [1.165, 1.54) is 0 Å². The molecule has 1 amide bonds. The Labute approximate surface area is 122 Å². The van der Waals surface area contributed by atoms with Gasteiger partial charge in [0.05, 0.1) is 5.92 Å². The average Bonchev–Trinajstić information content (AvgIpc) is 2.49. The van der Waals surface area contributed by atoms with Crippen molar-refractivity contribution >= 4 is 23.2 Å². The van der Waals surface area contributed by atoms with E-state index in [0.29, 0.717) is 18.1 Å². The van der Waals surface area contributed by atoms with Gasteiger partial charge in [0.1, 0.15) is 12.4 Å². The van der Waals surface area contributed by atoms with Crippen LogP contribution >= 0.6 is 11.6 Å². The summed E-state index contributed by atoms with van der Waals surface area (Å²) in [5, 5.41) is 3.54. The zero-order valence-corrected chi connectivity index (χ0v) is 11.6. The second-order valence-electron chi connectivity index (χ2n) is 4.82. The molecule has 3 rings (SSSR count). The van der Waals surface area contributed by atoms with Gasteiger partial charge in [-0.15, -0.1) is 0 Å². The van der Waals surface area contributed by atoms with E-state index in [0.717, 1.165) is 17.0 Å². The fraction of sp³-hybridized carbons (Fsp3) is 0.188. The van der Waals surface area contributed by atoms with E-state index in [1.54, 1.807) is 24.3 Å². The highest BCUT2D eigenvalue weighted by Crippen LogP contribution is 2.27. The Kier molecular flexibility index (Phi) is 3.61. The Morgan fingerprint density at radius 3 is 2.70 bits per heavy atom. The number of rotatable bonds is 2. The first-order valence-electron chi connectivity index (χ1n) is 6.49. The number of halogens is 1. The van der Waals surface area contributed by atoms with Crippen molar-refractivity contribution < 1.29 is 9.53 Å². The first-order chi connectivity index (χ1) is 9.72. The predicted octanol–water partition coefficient (Wildman–Crippen LogP) is 3.53. The van der Waals surface area contributed by atoms with Crippen LogP contribution in [-0.2, 0) is 11.2 Å². The van der Waals surface area contributed by atoms with Crippen LogP contribution in [0.2, 0.25) is 5.02 Å². The molecule has 20 heavy (non-hydrogen) atoms. The molecule has 0 radical (unpaired) electrons. The smallest absolute Gasteiger partial charge is 0.231 e. The molecular weight excluding hydrogens is 274 g/mol. The molecule has 1 atom stereocenters. The van der Waals surface area contributed by atoms with E-state index in [1.807, 2.05) is 24.3 Å². The van der Waals surface area contributed by atoms with Gasteiger partial charge < -0.3 is 10.1 Å². The summed E-state index contributed by atoms with van der Waals surface area (Å²) in [5.41, 5.74) is 1.83. The third-order valence-electron chi connectivity index (χ3n) is 3.36. The molecule has 1 heterocycles. The molecule has 3 nitrogen and oxygen atoms in total. The third kappa shape index (κ3) is 2.78. The number of nitrogens with one attached hydrogen (secondary N) is 1. The van der Waals surface area contributed by atoms with Gasteiger partial charge in [0.15, 0.2) is 0 Å². The highest BCUT2D eigenvalue weighted by Gasteiger charge is 2.25. The number of ether oxygens (including phenoxy) is 1. The fourth-order valence-corrected chi connectivity index (χ4v) is 2.40. The zero-order valence-electron chi connectivity index (χ0n) is 10.8. The maximum Gasteiger partial charge on any atom is 0.231 e. The standard InChI is InChI=1S/C16H14ClNO2/c17-13-5-7-14(8-6-13)18-16(19)12-9-11-3-1-2-4-15(11)20-10-12/h1-8,12H,9-10H2,(H,18,19). The Balaban J connectivity index is 1.68. The molecule has 0 aromatic heterocycles. The summed E-state index contributed by atoms with van der Waals surface area (Å²) >= 11 is 5.82. The number of anilines is 1. The molecule has 0 bridgehead atoms. The van der Waals surface area contributed by atoms with Gasteiger partial charge in [0.2, 0.25) is 5.91 Å². The van der Waals surface area contributed by atoms with Crippen LogP contribution in [0.25, 0.3) is 0 Å². The van der Waals surface area contributed by atoms with Gasteiger partial charge in [0, 0.05) is 10.7 Å². The highest BCUT2D eigenvalue weighted by atomic mass is 35.5. The van der Waals surface area contributed by atoms with Crippen molar-refractivity contribution in [2.75, 3.05) is 11.9 Å². The molecule has 0 aliphatic carbocycles. The molecule has 1 aliphatic rings. The number of hydrogen-bond donors (Lipinski definition) is 1. The van der Waals surface area contributed by atoms with Crippen molar-refractivity contribution in [2.45, 2.75) is 6.42 Å². The summed E-state index contributed by atoms with van der Waals surface area (Å²) < 4.78 is 5.63. The van der Waals surface area contributed by atoms with Crippen LogP contribution in [0, 0.1) is 5.92 Å². The van der Waals surface area contributed by atoms with Gasteiger partial charge in [-0.1, -0.05) is 29.8 Å². The Hall–Kier alpha value is -2.00. The van der Waals surface area contributed by atoms with Crippen molar-refractivity contribution in [2.24, 2.45) is 5.92 Å². The van der Waals surface area contributed by atoms with E-state index < -0.39 is 0 Å². The summed E-state index contributed by atoms with van der Waals surface area (Å²) in [6.45, 7) is 0.413. The number of benzene rings is 2. The molecular formula is C16H14ClNO2. The molecule has 0 spiro atoms. The molecule has 2 aromatic carbocycles. The van der Waals surface area contributed by atoms with E-state index in [4.69, 9.17) is 16.3 Å². The number of fused-ring (bicyclic) bond motifs is 1. The largest absolute Gasteiger partial charge is 0.492 e. The minimum Gasteiger partial charge on any atom is -0.492 e. The molecule has 0 saturated carbocycles. The van der Waals surface area contributed by atoms with Crippen LogP contribution in [0.1, 0.15) is 5.56 Å². The van der Waals surface area contributed by atoms with Crippen LogP contribution in [0.3, 0.4) is 0 Å². The van der Waals surface area contributed by atoms with Gasteiger partial charge in [0.25, 0.3) is 0 Å². The van der Waals surface area contributed by atoms with E-state index in [9.17, 15) is 4.79 Å². The highest BCUT2D eigenvalue weighted by molar-refractivity contribution is 6.30. The summed E-state index contributed by atoms with van der Waals surface area (Å²) in [5.74, 6) is 0.686. The lowest BCUT2D eigenvalue weighted by Gasteiger charge is -2.24. The molecule has 102 valence electrons. The fourth-order valence-electron chi connectivity index (χ4n) is 2.27. The van der Waals surface area contributed by atoms with Crippen LogP contribution < -0.4 is 10.1 Å². The molecule has 1 unspecified atom stereocenters. The minimum absolute atomic E-state index is 0.0261. The lowest BCUT2D eigenvalue weighted by molar-refractivity contribution is -0.121. The molecule has 0 saturated heterocycles. The van der Waals surface area contributed by atoms with E-state index in [-0.39, 0.29) is 11.8 Å². The monoisotopic (exact) mass is 287 g/mol. The number of carbonyl (C=O) groups excluding carboxylic acids is 1. The van der Waals surface area contributed by atoms with Gasteiger partial charge >= 0.3 is 0 Å². The summed E-state index contributed by atoms with van der Waals surface area (Å²) in [6.07, 6.45) is 0.704. The van der Waals surface area contributed by atoms with Gasteiger partial charge in [-0.05, 0) is 42.3 Å². The first-order valence-corrected chi connectivity index (χ1v) is 6.87. The number of para-hydroxylation sites is 1. The predicted molar refractivity (Wildman–Crippen MR) is 79.2 cm³/mol. The second-order valence-corrected chi connectivity index (χ2v) is 5.25. The van der Waals surface area contributed by atoms with Crippen molar-refractivity contribution in [3.8, 4) is 5.75 Å². The topological polar surface area (TPSA) is 38.3 Å². The first kappa shape index (κ1) is 13.0. The third-order valence-corrected chi connectivity index (χ3v) is 3.61. The number of amides is 1. The molecule has 1 aliphatic heterocycles. The summed E-state index contributed by atoms with van der Waals surface area (Å²) in [7, 11) is 0. The lowest BCUT2D eigenvalue weighted by atomic mass is 9.96. The maximum atomic E-state index is 12.2. The Bertz CT molecular complexity index is 625. The Morgan fingerprint density at radius 1 is 1.15 bits per heavy atom. The van der Waals surface area contributed by atoms with Crippen molar-refractivity contribution in [3.63, 3.8) is 0 Å². The van der Waals surface area contributed by atoms with Gasteiger partial charge in [-0.25, -0.2) is 0 Å². The SMILES string of the molecule is O=C(Nc1ccc(Cl)cc1)C1COc2ccccc2C1. The second kappa shape index (κ2) is 5.55. The molecule has 0 fully saturated rings. The quantitative estimate of drug-likeness (QED) is 0.917.